The third-order valence-corrected chi connectivity index (χ3v) is 2.61. The van der Waals surface area contributed by atoms with Crippen LogP contribution in [-0.4, -0.2) is 38.4 Å². The summed E-state index contributed by atoms with van der Waals surface area (Å²) in [5.74, 6) is -0.421. The lowest BCUT2D eigenvalue weighted by molar-refractivity contribution is -0.146. The molecule has 20 heavy (non-hydrogen) atoms. The van der Waals surface area contributed by atoms with Crippen molar-refractivity contribution in [2.24, 2.45) is 0 Å². The lowest BCUT2D eigenvalue weighted by Crippen LogP contribution is -2.11. The van der Waals surface area contributed by atoms with E-state index in [1.54, 1.807) is 0 Å². The molecule has 0 N–H and O–H groups in total. The number of hydrogen-bond acceptors (Lipinski definition) is 5. The molecular formula is C15H28O5. The van der Waals surface area contributed by atoms with Gasteiger partial charge in [0.1, 0.15) is 6.61 Å². The van der Waals surface area contributed by atoms with Crippen molar-refractivity contribution in [3.05, 3.63) is 0 Å². The van der Waals surface area contributed by atoms with Gasteiger partial charge in [-0.05, 0) is 25.7 Å². The Labute approximate surface area is 122 Å². The second kappa shape index (κ2) is 14.3. The van der Waals surface area contributed by atoms with Crippen molar-refractivity contribution in [3.63, 3.8) is 0 Å². The molecule has 0 aromatic heterocycles. The minimum atomic E-state index is -0.231. The van der Waals surface area contributed by atoms with E-state index in [9.17, 15) is 9.59 Å². The van der Waals surface area contributed by atoms with Crippen LogP contribution < -0.4 is 0 Å². The summed E-state index contributed by atoms with van der Waals surface area (Å²) in [5, 5.41) is 0. The molecule has 0 aliphatic carbocycles. The summed E-state index contributed by atoms with van der Waals surface area (Å²) in [6, 6.07) is 0. The van der Waals surface area contributed by atoms with Crippen molar-refractivity contribution in [1.29, 1.82) is 0 Å². The maximum absolute atomic E-state index is 11.4. The van der Waals surface area contributed by atoms with Gasteiger partial charge in [-0.3, -0.25) is 9.59 Å². The van der Waals surface area contributed by atoms with Crippen LogP contribution in [0.5, 0.6) is 0 Å². The van der Waals surface area contributed by atoms with Crippen LogP contribution in [0.3, 0.4) is 0 Å². The molecule has 118 valence electrons. The van der Waals surface area contributed by atoms with Crippen molar-refractivity contribution >= 4 is 11.9 Å². The molecule has 0 rings (SSSR count). The number of rotatable bonds is 13. The predicted octanol–water partition coefficient (Wildman–Crippen LogP) is 2.86. The molecule has 0 aromatic carbocycles. The minimum Gasteiger partial charge on any atom is -0.466 e. The fraction of sp³-hybridized carbons (Fsp3) is 0.867. The van der Waals surface area contributed by atoms with Crippen LogP contribution in [0.4, 0.5) is 0 Å². The Kier molecular flexibility index (Phi) is 13.5. The normalized spacial score (nSPS) is 10.3. The maximum Gasteiger partial charge on any atom is 0.305 e. The first-order valence-electron chi connectivity index (χ1n) is 7.59. The van der Waals surface area contributed by atoms with Crippen LogP contribution in [0.25, 0.3) is 0 Å². The molecule has 0 aliphatic heterocycles. The van der Waals surface area contributed by atoms with Crippen molar-refractivity contribution in [1.82, 2.24) is 0 Å². The number of unbranched alkanes of at least 4 members (excludes halogenated alkanes) is 2. The van der Waals surface area contributed by atoms with E-state index in [1.165, 1.54) is 0 Å². The minimum absolute atomic E-state index is 0.190. The van der Waals surface area contributed by atoms with E-state index in [4.69, 9.17) is 14.2 Å². The summed E-state index contributed by atoms with van der Waals surface area (Å²) in [4.78, 5) is 22.5. The average Bonchev–Trinajstić information content (AvgIpc) is 2.45. The number of carbonyl (C=O) groups is 2. The van der Waals surface area contributed by atoms with E-state index in [2.05, 4.69) is 6.92 Å². The van der Waals surface area contributed by atoms with E-state index in [0.29, 0.717) is 52.1 Å². The SMILES string of the molecule is CCCCOCCOC(=O)CCCCC(=O)OCCC. The van der Waals surface area contributed by atoms with Gasteiger partial charge in [0.05, 0.1) is 13.2 Å². The Morgan fingerprint density at radius 2 is 1.30 bits per heavy atom. The second-order valence-corrected chi connectivity index (χ2v) is 4.61. The summed E-state index contributed by atoms with van der Waals surface area (Å²) >= 11 is 0. The van der Waals surface area contributed by atoms with Gasteiger partial charge in [-0.15, -0.1) is 0 Å². The maximum atomic E-state index is 11.4. The van der Waals surface area contributed by atoms with Gasteiger partial charge in [-0.2, -0.15) is 0 Å². The van der Waals surface area contributed by atoms with E-state index < -0.39 is 0 Å². The third kappa shape index (κ3) is 13.3. The average molecular weight is 288 g/mol. The van der Waals surface area contributed by atoms with Gasteiger partial charge in [0.25, 0.3) is 0 Å². The van der Waals surface area contributed by atoms with E-state index >= 15 is 0 Å². The standard InChI is InChI=1S/C15H28O5/c1-3-5-11-18-12-13-20-15(17)9-7-6-8-14(16)19-10-4-2/h3-13H2,1-2H3. The van der Waals surface area contributed by atoms with E-state index in [0.717, 1.165) is 19.3 Å². The molecule has 0 aliphatic rings. The quantitative estimate of drug-likeness (QED) is 0.385. The van der Waals surface area contributed by atoms with Gasteiger partial charge in [-0.1, -0.05) is 20.3 Å². The van der Waals surface area contributed by atoms with Crippen molar-refractivity contribution in [2.75, 3.05) is 26.4 Å². The van der Waals surface area contributed by atoms with Crippen LogP contribution in [0.2, 0.25) is 0 Å². The molecule has 0 bridgehead atoms. The highest BCUT2D eigenvalue weighted by molar-refractivity contribution is 5.70. The molecule has 0 heterocycles. The molecule has 0 saturated carbocycles. The molecule has 0 spiro atoms. The molecule has 5 nitrogen and oxygen atoms in total. The van der Waals surface area contributed by atoms with Gasteiger partial charge in [0.15, 0.2) is 0 Å². The van der Waals surface area contributed by atoms with E-state index in [1.807, 2.05) is 6.92 Å². The molecule has 0 fully saturated rings. The molecule has 0 radical (unpaired) electrons. The fourth-order valence-corrected chi connectivity index (χ4v) is 1.46. The molecule has 5 heteroatoms. The van der Waals surface area contributed by atoms with Crippen LogP contribution in [0.15, 0.2) is 0 Å². The van der Waals surface area contributed by atoms with Crippen LogP contribution in [-0.2, 0) is 23.8 Å². The fourth-order valence-electron chi connectivity index (χ4n) is 1.46. The van der Waals surface area contributed by atoms with Crippen molar-refractivity contribution in [2.45, 2.75) is 58.8 Å². The highest BCUT2D eigenvalue weighted by Gasteiger charge is 2.05. The molecule has 0 amide bonds. The van der Waals surface area contributed by atoms with E-state index in [-0.39, 0.29) is 11.9 Å². The largest absolute Gasteiger partial charge is 0.466 e. The summed E-state index contributed by atoms with van der Waals surface area (Å²) in [7, 11) is 0. The summed E-state index contributed by atoms with van der Waals surface area (Å²) < 4.78 is 15.2. The first kappa shape index (κ1) is 18.9. The highest BCUT2D eigenvalue weighted by atomic mass is 16.6. The van der Waals surface area contributed by atoms with Gasteiger partial charge in [0.2, 0.25) is 0 Å². The Bertz CT molecular complexity index is 253. The monoisotopic (exact) mass is 288 g/mol. The van der Waals surface area contributed by atoms with Crippen molar-refractivity contribution < 1.29 is 23.8 Å². The molecule has 0 atom stereocenters. The van der Waals surface area contributed by atoms with Crippen LogP contribution >= 0.6 is 0 Å². The van der Waals surface area contributed by atoms with Gasteiger partial charge in [-0.25, -0.2) is 0 Å². The predicted molar refractivity (Wildman–Crippen MR) is 76.4 cm³/mol. The third-order valence-electron chi connectivity index (χ3n) is 2.61. The highest BCUT2D eigenvalue weighted by Crippen LogP contribution is 2.03. The van der Waals surface area contributed by atoms with Gasteiger partial charge >= 0.3 is 11.9 Å². The molecule has 0 saturated heterocycles. The second-order valence-electron chi connectivity index (χ2n) is 4.61. The van der Waals surface area contributed by atoms with Crippen molar-refractivity contribution in [3.8, 4) is 0 Å². The summed E-state index contributed by atoms with van der Waals surface area (Å²) in [6.45, 7) is 6.00. The van der Waals surface area contributed by atoms with Gasteiger partial charge in [0, 0.05) is 19.4 Å². The number of esters is 2. The lowest BCUT2D eigenvalue weighted by atomic mass is 10.2. The zero-order valence-corrected chi connectivity index (χ0v) is 12.8. The Hall–Kier alpha value is -1.10. The Balaban J connectivity index is 3.30. The topological polar surface area (TPSA) is 61.8 Å². The van der Waals surface area contributed by atoms with Crippen LogP contribution in [0.1, 0.15) is 58.8 Å². The molecular weight excluding hydrogens is 260 g/mol. The summed E-state index contributed by atoms with van der Waals surface area (Å²) in [5.41, 5.74) is 0. The van der Waals surface area contributed by atoms with Crippen LogP contribution in [0, 0.1) is 0 Å². The molecule has 0 unspecified atom stereocenters. The summed E-state index contributed by atoms with van der Waals surface area (Å²) in [6.07, 6.45) is 4.98. The Morgan fingerprint density at radius 1 is 0.700 bits per heavy atom. The number of hydrogen-bond donors (Lipinski definition) is 0. The number of ether oxygens (including phenoxy) is 3. The first-order chi connectivity index (χ1) is 9.70. The first-order valence-corrected chi connectivity index (χ1v) is 7.59. The zero-order valence-electron chi connectivity index (χ0n) is 12.8. The lowest BCUT2D eigenvalue weighted by Gasteiger charge is -2.06. The van der Waals surface area contributed by atoms with Gasteiger partial charge < -0.3 is 14.2 Å². The zero-order chi connectivity index (χ0) is 15.1. The number of carbonyl (C=O) groups excluding carboxylic acids is 2. The smallest absolute Gasteiger partial charge is 0.305 e. The Morgan fingerprint density at radius 3 is 1.85 bits per heavy atom. The molecule has 0 aromatic rings.